The summed E-state index contributed by atoms with van der Waals surface area (Å²) in [7, 11) is 0. The Hall–Kier alpha value is -0.900. The summed E-state index contributed by atoms with van der Waals surface area (Å²) in [5, 5.41) is 0. The third-order valence-electron chi connectivity index (χ3n) is 6.36. The Labute approximate surface area is 172 Å². The molecule has 0 radical (unpaired) electrons. The van der Waals surface area contributed by atoms with E-state index >= 15 is 0 Å². The van der Waals surface area contributed by atoms with Gasteiger partial charge in [0.25, 0.3) is 0 Å². The third-order valence-corrected chi connectivity index (χ3v) is 6.36. The van der Waals surface area contributed by atoms with Crippen molar-refractivity contribution in [3.63, 3.8) is 0 Å². The lowest BCUT2D eigenvalue weighted by Gasteiger charge is -2.35. The highest BCUT2D eigenvalue weighted by Crippen LogP contribution is 2.38. The molecule has 2 fully saturated rings. The van der Waals surface area contributed by atoms with Gasteiger partial charge in [0.2, 0.25) is 0 Å². The molecule has 2 aliphatic rings. The molecule has 1 aromatic rings. The molecule has 5 atom stereocenters. The van der Waals surface area contributed by atoms with Crippen LogP contribution in [0.4, 0.5) is 0 Å². The first-order valence-electron chi connectivity index (χ1n) is 11.5. The highest BCUT2D eigenvalue weighted by atomic mass is 16.5. The van der Waals surface area contributed by atoms with Crippen LogP contribution in [0.3, 0.4) is 0 Å². The monoisotopic (exact) mass is 388 g/mol. The molecule has 1 aliphatic carbocycles. The minimum absolute atomic E-state index is 0.195. The fraction of sp³-hybridized carbons (Fsp3) is 0.760. The van der Waals surface area contributed by atoms with E-state index in [0.717, 1.165) is 19.4 Å². The molecule has 0 spiro atoms. The Morgan fingerprint density at radius 3 is 2.21 bits per heavy atom. The van der Waals surface area contributed by atoms with Crippen molar-refractivity contribution in [2.75, 3.05) is 6.61 Å². The lowest BCUT2D eigenvalue weighted by molar-refractivity contribution is -0.0768. The first kappa shape index (κ1) is 21.8. The van der Waals surface area contributed by atoms with Crippen LogP contribution in [0.1, 0.15) is 96.3 Å². The lowest BCUT2D eigenvalue weighted by Crippen LogP contribution is -2.31. The highest BCUT2D eigenvalue weighted by molar-refractivity contribution is 5.28. The molecule has 1 aromatic carbocycles. The summed E-state index contributed by atoms with van der Waals surface area (Å²) >= 11 is 0. The fourth-order valence-corrected chi connectivity index (χ4v) is 4.97. The average molecular weight is 389 g/mol. The molecule has 3 heteroatoms. The van der Waals surface area contributed by atoms with Gasteiger partial charge >= 0.3 is 0 Å². The minimum atomic E-state index is 0.195. The van der Waals surface area contributed by atoms with Crippen molar-refractivity contribution in [3.8, 4) is 0 Å². The van der Waals surface area contributed by atoms with Gasteiger partial charge in [-0.1, -0.05) is 37.1 Å². The van der Waals surface area contributed by atoms with Crippen LogP contribution >= 0.6 is 0 Å². The van der Waals surface area contributed by atoms with Crippen molar-refractivity contribution in [1.29, 1.82) is 0 Å². The Morgan fingerprint density at radius 2 is 1.54 bits per heavy atom. The first-order valence-corrected chi connectivity index (χ1v) is 11.5. The van der Waals surface area contributed by atoms with E-state index < -0.39 is 0 Å². The van der Waals surface area contributed by atoms with Crippen molar-refractivity contribution < 1.29 is 14.2 Å². The summed E-state index contributed by atoms with van der Waals surface area (Å²) in [6.07, 6.45) is 8.61. The van der Waals surface area contributed by atoms with Gasteiger partial charge in [-0.2, -0.15) is 0 Å². The summed E-state index contributed by atoms with van der Waals surface area (Å²) < 4.78 is 18.4. The normalized spacial score (nSPS) is 30.0. The molecule has 0 aromatic heterocycles. The van der Waals surface area contributed by atoms with Gasteiger partial charge in [0.05, 0.1) is 30.5 Å². The van der Waals surface area contributed by atoms with E-state index in [1.807, 2.05) is 0 Å². The predicted molar refractivity (Wildman–Crippen MR) is 115 cm³/mol. The Balaban J connectivity index is 1.64. The van der Waals surface area contributed by atoms with Crippen molar-refractivity contribution in [3.05, 3.63) is 35.4 Å². The lowest BCUT2D eigenvalue weighted by atomic mass is 9.81. The van der Waals surface area contributed by atoms with Gasteiger partial charge < -0.3 is 14.2 Å². The van der Waals surface area contributed by atoms with E-state index in [0.29, 0.717) is 30.1 Å². The van der Waals surface area contributed by atoms with Crippen LogP contribution in [0.15, 0.2) is 24.3 Å². The summed E-state index contributed by atoms with van der Waals surface area (Å²) in [4.78, 5) is 0. The number of hydrogen-bond donors (Lipinski definition) is 0. The topological polar surface area (TPSA) is 27.7 Å². The van der Waals surface area contributed by atoms with Crippen LogP contribution < -0.4 is 0 Å². The van der Waals surface area contributed by atoms with Gasteiger partial charge in [-0.05, 0) is 77.3 Å². The van der Waals surface area contributed by atoms with Gasteiger partial charge in [0, 0.05) is 12.5 Å². The predicted octanol–water partition coefficient (Wildman–Crippen LogP) is 6.42. The molecular weight excluding hydrogens is 348 g/mol. The standard InChI is InChI=1S/C25H40O3/c1-17(2)27-19(5)22-14-15-26-25(16-22)21-12-10-20(11-13-21)23-8-6-7-9-24(23)28-18(3)4/h10-13,17-19,22-25H,6-9,14-16H2,1-5H3/t19?,22?,23-,24+,25?/m1/s1. The Kier molecular flexibility index (Phi) is 7.96. The maximum atomic E-state index is 6.24. The molecule has 0 bridgehead atoms. The molecule has 3 rings (SSSR count). The zero-order chi connectivity index (χ0) is 20.1. The summed E-state index contributed by atoms with van der Waals surface area (Å²) in [5.41, 5.74) is 2.74. The SMILES string of the molecule is CC(C)OC(C)C1CCOC(c2ccc([C@H]3CCCC[C@@H]3OC(C)C)cc2)C1. The van der Waals surface area contributed by atoms with Crippen LogP contribution in [0.25, 0.3) is 0 Å². The van der Waals surface area contributed by atoms with Crippen molar-refractivity contribution in [2.45, 2.75) is 110 Å². The summed E-state index contributed by atoms with van der Waals surface area (Å²) in [6, 6.07) is 9.22. The molecule has 3 unspecified atom stereocenters. The number of benzene rings is 1. The van der Waals surface area contributed by atoms with Crippen LogP contribution in [-0.4, -0.2) is 31.0 Å². The second-order valence-corrected chi connectivity index (χ2v) is 9.31. The van der Waals surface area contributed by atoms with Gasteiger partial charge in [0.15, 0.2) is 0 Å². The molecule has 0 amide bonds. The average Bonchev–Trinajstić information content (AvgIpc) is 2.68. The molecule has 3 nitrogen and oxygen atoms in total. The maximum Gasteiger partial charge on any atom is 0.0828 e. The van der Waals surface area contributed by atoms with Crippen molar-refractivity contribution in [2.24, 2.45) is 5.92 Å². The molecule has 1 heterocycles. The summed E-state index contributed by atoms with van der Waals surface area (Å²) in [6.45, 7) is 11.6. The van der Waals surface area contributed by atoms with Gasteiger partial charge in [-0.15, -0.1) is 0 Å². The molecular formula is C25H40O3. The van der Waals surface area contributed by atoms with E-state index in [1.54, 1.807) is 0 Å². The second-order valence-electron chi connectivity index (χ2n) is 9.31. The minimum Gasteiger partial charge on any atom is -0.376 e. The highest BCUT2D eigenvalue weighted by Gasteiger charge is 2.30. The van der Waals surface area contributed by atoms with Crippen molar-refractivity contribution >= 4 is 0 Å². The number of rotatable bonds is 7. The van der Waals surface area contributed by atoms with E-state index in [9.17, 15) is 0 Å². The molecule has 1 aliphatic heterocycles. The van der Waals surface area contributed by atoms with Gasteiger partial charge in [-0.3, -0.25) is 0 Å². The van der Waals surface area contributed by atoms with E-state index in [2.05, 4.69) is 58.9 Å². The Morgan fingerprint density at radius 1 is 0.857 bits per heavy atom. The smallest absolute Gasteiger partial charge is 0.0828 e. The largest absolute Gasteiger partial charge is 0.376 e. The molecule has 158 valence electrons. The number of hydrogen-bond acceptors (Lipinski definition) is 3. The molecule has 28 heavy (non-hydrogen) atoms. The fourth-order valence-electron chi connectivity index (χ4n) is 4.97. The molecule has 1 saturated heterocycles. The van der Waals surface area contributed by atoms with Crippen LogP contribution in [0.5, 0.6) is 0 Å². The summed E-state index contributed by atoms with van der Waals surface area (Å²) in [5.74, 6) is 1.10. The van der Waals surface area contributed by atoms with Crippen LogP contribution in [0.2, 0.25) is 0 Å². The van der Waals surface area contributed by atoms with E-state index in [1.165, 1.54) is 36.8 Å². The quantitative estimate of drug-likeness (QED) is 0.539. The molecule has 0 N–H and O–H groups in total. The second kappa shape index (κ2) is 10.2. The van der Waals surface area contributed by atoms with Crippen molar-refractivity contribution in [1.82, 2.24) is 0 Å². The van der Waals surface area contributed by atoms with Gasteiger partial charge in [-0.25, -0.2) is 0 Å². The maximum absolute atomic E-state index is 6.24. The van der Waals surface area contributed by atoms with E-state index in [-0.39, 0.29) is 12.2 Å². The number of ether oxygens (including phenoxy) is 3. The van der Waals surface area contributed by atoms with Gasteiger partial charge in [0.1, 0.15) is 0 Å². The van der Waals surface area contributed by atoms with Crippen LogP contribution in [0, 0.1) is 5.92 Å². The van der Waals surface area contributed by atoms with Crippen LogP contribution in [-0.2, 0) is 14.2 Å². The zero-order valence-corrected chi connectivity index (χ0v) is 18.5. The Bertz CT molecular complexity index is 580. The third kappa shape index (κ3) is 5.81. The van der Waals surface area contributed by atoms with E-state index in [4.69, 9.17) is 14.2 Å². The zero-order valence-electron chi connectivity index (χ0n) is 18.5. The molecule has 1 saturated carbocycles. The first-order chi connectivity index (χ1) is 13.4.